The molecule has 12 heavy (non-hydrogen) atoms. The predicted octanol–water partition coefficient (Wildman–Crippen LogP) is 2.16. The Bertz CT molecular complexity index is 235. The van der Waals surface area contributed by atoms with E-state index in [0.29, 0.717) is 0 Å². The summed E-state index contributed by atoms with van der Waals surface area (Å²) in [4.78, 5) is 4.65. The van der Waals surface area contributed by atoms with Gasteiger partial charge in [0.2, 0.25) is 0 Å². The Morgan fingerprint density at radius 1 is 1.42 bits per heavy atom. The first kappa shape index (κ1) is 9.52. The molecule has 0 fully saturated rings. The van der Waals surface area contributed by atoms with Crippen molar-refractivity contribution in [3.8, 4) is 0 Å². The van der Waals surface area contributed by atoms with Crippen LogP contribution < -0.4 is 5.90 Å². The highest BCUT2D eigenvalue weighted by molar-refractivity contribution is 6.30. The van der Waals surface area contributed by atoms with E-state index in [1.165, 1.54) is 5.56 Å². The molecule has 0 saturated carbocycles. The van der Waals surface area contributed by atoms with Crippen molar-refractivity contribution < 1.29 is 4.84 Å². The smallest absolute Gasteiger partial charge is 0.0799 e. The maximum atomic E-state index is 5.73. The van der Waals surface area contributed by atoms with E-state index in [1.54, 1.807) is 0 Å². The Labute approximate surface area is 77.2 Å². The van der Waals surface area contributed by atoms with E-state index in [0.717, 1.165) is 11.4 Å². The van der Waals surface area contributed by atoms with Gasteiger partial charge in [-0.3, -0.25) is 0 Å². The lowest BCUT2D eigenvalue weighted by atomic mass is 10.1. The third kappa shape index (κ3) is 2.81. The molecule has 0 unspecified atom stereocenters. The minimum Gasteiger partial charge on any atom is -0.301 e. The second-order valence-electron chi connectivity index (χ2n) is 2.78. The van der Waals surface area contributed by atoms with Crippen LogP contribution in [0.25, 0.3) is 0 Å². The maximum Gasteiger partial charge on any atom is 0.0799 e. The SMILES string of the molecule is C[C@@H](Cc1ccc(Cl)cc1)ON. The molecule has 0 amide bonds. The van der Waals surface area contributed by atoms with E-state index in [4.69, 9.17) is 17.5 Å². The van der Waals surface area contributed by atoms with Gasteiger partial charge in [0.25, 0.3) is 0 Å². The Kier molecular flexibility index (Phi) is 3.53. The van der Waals surface area contributed by atoms with Crippen LogP contribution in [-0.2, 0) is 11.3 Å². The van der Waals surface area contributed by atoms with E-state index in [1.807, 2.05) is 31.2 Å². The van der Waals surface area contributed by atoms with Crippen LogP contribution in [0.2, 0.25) is 5.02 Å². The van der Waals surface area contributed by atoms with Crippen LogP contribution in [0.4, 0.5) is 0 Å². The fourth-order valence-electron chi connectivity index (χ4n) is 1.00. The Morgan fingerprint density at radius 2 is 2.00 bits per heavy atom. The summed E-state index contributed by atoms with van der Waals surface area (Å²) in [5.41, 5.74) is 1.18. The zero-order valence-corrected chi connectivity index (χ0v) is 7.71. The highest BCUT2D eigenvalue weighted by Crippen LogP contribution is 2.11. The average molecular weight is 186 g/mol. The van der Waals surface area contributed by atoms with Crippen molar-refractivity contribution in [2.75, 3.05) is 0 Å². The van der Waals surface area contributed by atoms with Gasteiger partial charge in [0.1, 0.15) is 0 Å². The summed E-state index contributed by atoms with van der Waals surface area (Å²) in [5, 5.41) is 0.750. The minimum atomic E-state index is 0.0474. The van der Waals surface area contributed by atoms with Crippen LogP contribution in [0, 0.1) is 0 Å². The molecular formula is C9H12ClNO. The van der Waals surface area contributed by atoms with Gasteiger partial charge in [0.15, 0.2) is 0 Å². The molecule has 0 aromatic heterocycles. The molecule has 1 aromatic carbocycles. The fourth-order valence-corrected chi connectivity index (χ4v) is 1.13. The van der Waals surface area contributed by atoms with E-state index >= 15 is 0 Å². The van der Waals surface area contributed by atoms with Crippen LogP contribution in [0.1, 0.15) is 12.5 Å². The highest BCUT2D eigenvalue weighted by Gasteiger charge is 2.01. The molecular weight excluding hydrogens is 174 g/mol. The van der Waals surface area contributed by atoms with E-state index < -0.39 is 0 Å². The van der Waals surface area contributed by atoms with Gasteiger partial charge in [-0.25, -0.2) is 5.90 Å². The third-order valence-electron chi connectivity index (χ3n) is 1.67. The number of halogens is 1. The molecule has 0 spiro atoms. The van der Waals surface area contributed by atoms with Crippen molar-refractivity contribution in [1.82, 2.24) is 0 Å². The first-order valence-corrected chi connectivity index (χ1v) is 4.20. The van der Waals surface area contributed by atoms with Gasteiger partial charge in [0, 0.05) is 11.4 Å². The molecule has 1 atom stereocenters. The standard InChI is InChI=1S/C9H12ClNO/c1-7(12-11)6-8-2-4-9(10)5-3-8/h2-5,7H,6,11H2,1H3/t7-/m0/s1. The number of hydrogen-bond donors (Lipinski definition) is 1. The molecule has 2 N–H and O–H groups in total. The van der Waals surface area contributed by atoms with E-state index in [9.17, 15) is 0 Å². The molecule has 0 heterocycles. The van der Waals surface area contributed by atoms with Crippen LogP contribution >= 0.6 is 11.6 Å². The Morgan fingerprint density at radius 3 is 2.50 bits per heavy atom. The molecule has 0 bridgehead atoms. The van der Waals surface area contributed by atoms with Crippen LogP contribution in [0.15, 0.2) is 24.3 Å². The number of benzene rings is 1. The summed E-state index contributed by atoms with van der Waals surface area (Å²) in [5.74, 6) is 5.02. The van der Waals surface area contributed by atoms with E-state index in [2.05, 4.69) is 4.84 Å². The minimum absolute atomic E-state index is 0.0474. The monoisotopic (exact) mass is 185 g/mol. The topological polar surface area (TPSA) is 35.2 Å². The van der Waals surface area contributed by atoms with Gasteiger partial charge in [0.05, 0.1) is 6.10 Å². The van der Waals surface area contributed by atoms with Gasteiger partial charge in [-0.1, -0.05) is 23.7 Å². The largest absolute Gasteiger partial charge is 0.301 e. The lowest BCUT2D eigenvalue weighted by Crippen LogP contribution is -2.15. The van der Waals surface area contributed by atoms with Crippen LogP contribution in [0.3, 0.4) is 0 Å². The number of nitrogens with two attached hydrogens (primary N) is 1. The molecule has 3 heteroatoms. The first-order chi connectivity index (χ1) is 5.72. The number of hydrogen-bond acceptors (Lipinski definition) is 2. The molecule has 66 valence electrons. The third-order valence-corrected chi connectivity index (χ3v) is 1.92. The zero-order chi connectivity index (χ0) is 8.97. The van der Waals surface area contributed by atoms with Gasteiger partial charge in [-0.05, 0) is 24.6 Å². The quantitative estimate of drug-likeness (QED) is 0.733. The van der Waals surface area contributed by atoms with Crippen molar-refractivity contribution in [1.29, 1.82) is 0 Å². The van der Waals surface area contributed by atoms with Crippen LogP contribution in [-0.4, -0.2) is 6.10 Å². The Balaban J connectivity index is 2.58. The molecule has 1 aromatic rings. The molecule has 2 nitrogen and oxygen atoms in total. The lowest BCUT2D eigenvalue weighted by Gasteiger charge is -2.07. The predicted molar refractivity (Wildman–Crippen MR) is 49.9 cm³/mol. The Hall–Kier alpha value is -0.570. The molecule has 0 radical (unpaired) electrons. The normalized spacial score (nSPS) is 12.9. The van der Waals surface area contributed by atoms with Gasteiger partial charge in [-0.2, -0.15) is 0 Å². The first-order valence-electron chi connectivity index (χ1n) is 3.82. The highest BCUT2D eigenvalue weighted by atomic mass is 35.5. The molecule has 0 aliphatic rings. The summed E-state index contributed by atoms with van der Waals surface area (Å²) in [6.45, 7) is 1.93. The van der Waals surface area contributed by atoms with Gasteiger partial charge in [-0.15, -0.1) is 0 Å². The summed E-state index contributed by atoms with van der Waals surface area (Å²) < 4.78 is 0. The van der Waals surface area contributed by atoms with Crippen molar-refractivity contribution in [2.24, 2.45) is 5.90 Å². The van der Waals surface area contributed by atoms with Crippen molar-refractivity contribution in [3.63, 3.8) is 0 Å². The van der Waals surface area contributed by atoms with Crippen molar-refractivity contribution in [3.05, 3.63) is 34.9 Å². The number of rotatable bonds is 3. The second kappa shape index (κ2) is 4.45. The summed E-state index contributed by atoms with van der Waals surface area (Å²) in [7, 11) is 0. The molecule has 0 aliphatic carbocycles. The summed E-state index contributed by atoms with van der Waals surface area (Å²) >= 11 is 5.73. The average Bonchev–Trinajstić information content (AvgIpc) is 2.09. The molecule has 1 rings (SSSR count). The summed E-state index contributed by atoms with van der Waals surface area (Å²) in [6.07, 6.45) is 0.861. The zero-order valence-electron chi connectivity index (χ0n) is 6.96. The summed E-state index contributed by atoms with van der Waals surface area (Å²) in [6, 6.07) is 7.66. The van der Waals surface area contributed by atoms with E-state index in [-0.39, 0.29) is 6.10 Å². The molecule has 0 aliphatic heterocycles. The van der Waals surface area contributed by atoms with Crippen molar-refractivity contribution in [2.45, 2.75) is 19.4 Å². The van der Waals surface area contributed by atoms with Gasteiger partial charge < -0.3 is 4.84 Å². The lowest BCUT2D eigenvalue weighted by molar-refractivity contribution is 0.0671. The van der Waals surface area contributed by atoms with Gasteiger partial charge >= 0.3 is 0 Å². The molecule has 0 saturated heterocycles. The van der Waals surface area contributed by atoms with Crippen molar-refractivity contribution >= 4 is 11.6 Å². The second-order valence-corrected chi connectivity index (χ2v) is 3.21. The fraction of sp³-hybridized carbons (Fsp3) is 0.333. The maximum absolute atomic E-state index is 5.73. The van der Waals surface area contributed by atoms with Crippen LogP contribution in [0.5, 0.6) is 0 Å².